The number of hydrazine groups is 1. The Hall–Kier alpha value is -1.53. The van der Waals surface area contributed by atoms with Crippen LogP contribution < -0.4 is 16.2 Å². The van der Waals surface area contributed by atoms with Gasteiger partial charge < -0.3 is 5.32 Å². The van der Waals surface area contributed by atoms with E-state index in [2.05, 4.69) is 28.1 Å². The third kappa shape index (κ3) is 3.97. The van der Waals surface area contributed by atoms with Crippen molar-refractivity contribution in [3.05, 3.63) is 29.8 Å². The van der Waals surface area contributed by atoms with Gasteiger partial charge in [0, 0.05) is 25.3 Å². The first-order chi connectivity index (χ1) is 9.16. The summed E-state index contributed by atoms with van der Waals surface area (Å²) >= 11 is 0. The SMILES string of the molecule is CC1NNCC1CCCNC(=O)c1ccc(F)nc1. The standard InChI is InChI=1S/C13H19FN4O/c1-9-10(8-17-18-9)3-2-6-15-13(19)11-4-5-12(14)16-7-11/h4-5,7,9-10,17-18H,2-3,6,8H2,1H3,(H,15,19). The van der Waals surface area contributed by atoms with E-state index in [4.69, 9.17) is 0 Å². The second kappa shape index (κ2) is 6.58. The maximum Gasteiger partial charge on any atom is 0.252 e. The molecule has 2 heterocycles. The van der Waals surface area contributed by atoms with Gasteiger partial charge in [0.1, 0.15) is 0 Å². The van der Waals surface area contributed by atoms with Gasteiger partial charge in [0.15, 0.2) is 0 Å². The Balaban J connectivity index is 1.68. The molecule has 0 spiro atoms. The second-order valence-electron chi connectivity index (χ2n) is 4.84. The first kappa shape index (κ1) is 13.9. The normalized spacial score (nSPS) is 22.4. The third-order valence-electron chi connectivity index (χ3n) is 3.43. The van der Waals surface area contributed by atoms with Crippen molar-refractivity contribution in [3.63, 3.8) is 0 Å². The van der Waals surface area contributed by atoms with Crippen LogP contribution in [0.3, 0.4) is 0 Å². The quantitative estimate of drug-likeness (QED) is 0.546. The van der Waals surface area contributed by atoms with Gasteiger partial charge in [-0.05, 0) is 37.8 Å². The number of aromatic nitrogens is 1. The van der Waals surface area contributed by atoms with Crippen LogP contribution in [0.5, 0.6) is 0 Å². The van der Waals surface area contributed by atoms with Gasteiger partial charge in [0.2, 0.25) is 5.95 Å². The van der Waals surface area contributed by atoms with Crippen molar-refractivity contribution >= 4 is 5.91 Å². The minimum atomic E-state index is -0.577. The lowest BCUT2D eigenvalue weighted by Crippen LogP contribution is -2.29. The molecule has 2 rings (SSSR count). The summed E-state index contributed by atoms with van der Waals surface area (Å²) in [6.07, 6.45) is 3.24. The topological polar surface area (TPSA) is 66.0 Å². The van der Waals surface area contributed by atoms with Crippen LogP contribution in [0.25, 0.3) is 0 Å². The molecule has 1 fully saturated rings. The molecule has 1 aromatic rings. The first-order valence-corrected chi connectivity index (χ1v) is 6.55. The highest BCUT2D eigenvalue weighted by Crippen LogP contribution is 2.13. The molecular weight excluding hydrogens is 247 g/mol. The highest BCUT2D eigenvalue weighted by atomic mass is 19.1. The maximum atomic E-state index is 12.6. The predicted octanol–water partition coefficient (Wildman–Crippen LogP) is 0.843. The van der Waals surface area contributed by atoms with Gasteiger partial charge >= 0.3 is 0 Å². The lowest BCUT2D eigenvalue weighted by Gasteiger charge is -2.13. The largest absolute Gasteiger partial charge is 0.352 e. The molecule has 3 N–H and O–H groups in total. The van der Waals surface area contributed by atoms with Gasteiger partial charge in [0.05, 0.1) is 5.56 Å². The average Bonchev–Trinajstić information content (AvgIpc) is 2.81. The van der Waals surface area contributed by atoms with Crippen LogP contribution in [0.2, 0.25) is 0 Å². The Morgan fingerprint density at radius 1 is 1.58 bits per heavy atom. The Kier molecular flexibility index (Phi) is 4.81. The molecule has 0 aromatic carbocycles. The highest BCUT2D eigenvalue weighted by Gasteiger charge is 2.21. The second-order valence-corrected chi connectivity index (χ2v) is 4.84. The average molecular weight is 266 g/mol. The number of hydrogen-bond donors (Lipinski definition) is 3. The van der Waals surface area contributed by atoms with E-state index in [-0.39, 0.29) is 5.91 Å². The summed E-state index contributed by atoms with van der Waals surface area (Å²) in [4.78, 5) is 15.2. The molecule has 1 aliphatic heterocycles. The van der Waals surface area contributed by atoms with Crippen molar-refractivity contribution in [2.24, 2.45) is 5.92 Å². The molecule has 0 bridgehead atoms. The van der Waals surface area contributed by atoms with Crippen LogP contribution in [0.15, 0.2) is 18.3 Å². The zero-order chi connectivity index (χ0) is 13.7. The van der Waals surface area contributed by atoms with Crippen molar-refractivity contribution in [1.82, 2.24) is 21.2 Å². The summed E-state index contributed by atoms with van der Waals surface area (Å²) in [5.74, 6) is -0.181. The smallest absolute Gasteiger partial charge is 0.252 e. The number of carbonyl (C=O) groups is 1. The molecule has 0 saturated carbocycles. The molecule has 0 radical (unpaired) electrons. The van der Waals surface area contributed by atoms with E-state index in [1.165, 1.54) is 18.3 Å². The fourth-order valence-corrected chi connectivity index (χ4v) is 2.18. The molecule has 1 aliphatic rings. The fraction of sp³-hybridized carbons (Fsp3) is 0.538. The number of hydrogen-bond acceptors (Lipinski definition) is 4. The summed E-state index contributed by atoms with van der Waals surface area (Å²) in [6.45, 7) is 3.74. The number of carbonyl (C=O) groups excluding carboxylic acids is 1. The Labute approximate surface area is 112 Å². The van der Waals surface area contributed by atoms with Gasteiger partial charge in [-0.1, -0.05) is 0 Å². The monoisotopic (exact) mass is 266 g/mol. The molecule has 2 atom stereocenters. The molecule has 19 heavy (non-hydrogen) atoms. The van der Waals surface area contributed by atoms with Crippen LogP contribution in [0, 0.1) is 11.9 Å². The summed E-state index contributed by atoms with van der Waals surface area (Å²) < 4.78 is 12.6. The summed E-state index contributed by atoms with van der Waals surface area (Å²) in [7, 11) is 0. The molecule has 0 aliphatic carbocycles. The van der Waals surface area contributed by atoms with Crippen molar-refractivity contribution < 1.29 is 9.18 Å². The number of rotatable bonds is 5. The number of nitrogens with zero attached hydrogens (tertiary/aromatic N) is 1. The number of nitrogens with one attached hydrogen (secondary N) is 3. The predicted molar refractivity (Wildman–Crippen MR) is 69.9 cm³/mol. The van der Waals surface area contributed by atoms with Crippen LogP contribution in [0.4, 0.5) is 4.39 Å². The lowest BCUT2D eigenvalue weighted by atomic mass is 9.98. The lowest BCUT2D eigenvalue weighted by molar-refractivity contribution is 0.0952. The summed E-state index contributed by atoms with van der Waals surface area (Å²) in [5.41, 5.74) is 6.68. The molecule has 2 unspecified atom stereocenters. The van der Waals surface area contributed by atoms with E-state index in [0.717, 1.165) is 19.4 Å². The van der Waals surface area contributed by atoms with Crippen molar-refractivity contribution in [2.45, 2.75) is 25.8 Å². The molecule has 104 valence electrons. The third-order valence-corrected chi connectivity index (χ3v) is 3.43. The zero-order valence-corrected chi connectivity index (χ0v) is 10.9. The van der Waals surface area contributed by atoms with Crippen LogP contribution in [-0.2, 0) is 0 Å². The molecule has 6 heteroatoms. The molecule has 1 saturated heterocycles. The Morgan fingerprint density at radius 3 is 3.05 bits per heavy atom. The van der Waals surface area contributed by atoms with Crippen LogP contribution >= 0.6 is 0 Å². The number of pyridine rings is 1. The summed E-state index contributed by atoms with van der Waals surface area (Å²) in [5, 5.41) is 2.81. The van der Waals surface area contributed by atoms with Crippen LogP contribution in [-0.4, -0.2) is 30.0 Å². The molecule has 1 amide bonds. The minimum absolute atomic E-state index is 0.205. The van der Waals surface area contributed by atoms with Gasteiger partial charge in [-0.2, -0.15) is 4.39 Å². The first-order valence-electron chi connectivity index (χ1n) is 6.55. The zero-order valence-electron chi connectivity index (χ0n) is 10.9. The highest BCUT2D eigenvalue weighted by molar-refractivity contribution is 5.93. The molecule has 1 aromatic heterocycles. The van der Waals surface area contributed by atoms with E-state index < -0.39 is 5.95 Å². The van der Waals surface area contributed by atoms with Crippen molar-refractivity contribution in [1.29, 1.82) is 0 Å². The number of halogens is 1. The van der Waals surface area contributed by atoms with Gasteiger partial charge in [-0.15, -0.1) is 0 Å². The van der Waals surface area contributed by atoms with E-state index in [9.17, 15) is 9.18 Å². The Morgan fingerprint density at radius 2 is 2.42 bits per heavy atom. The van der Waals surface area contributed by atoms with Crippen molar-refractivity contribution in [2.75, 3.05) is 13.1 Å². The molecular formula is C13H19FN4O. The van der Waals surface area contributed by atoms with Gasteiger partial charge in [0.25, 0.3) is 5.91 Å². The summed E-state index contributed by atoms with van der Waals surface area (Å²) in [6, 6.07) is 3.09. The van der Waals surface area contributed by atoms with Gasteiger partial charge in [-0.3, -0.25) is 15.6 Å². The Bertz CT molecular complexity index is 423. The fourth-order valence-electron chi connectivity index (χ4n) is 2.18. The maximum absolute atomic E-state index is 12.6. The van der Waals surface area contributed by atoms with E-state index in [0.29, 0.717) is 24.1 Å². The molecule has 5 nitrogen and oxygen atoms in total. The van der Waals surface area contributed by atoms with E-state index >= 15 is 0 Å². The number of amides is 1. The van der Waals surface area contributed by atoms with E-state index in [1.807, 2.05) is 0 Å². The van der Waals surface area contributed by atoms with Gasteiger partial charge in [-0.25, -0.2) is 4.98 Å². The minimum Gasteiger partial charge on any atom is -0.352 e. The van der Waals surface area contributed by atoms with Crippen LogP contribution in [0.1, 0.15) is 30.1 Å². The van der Waals surface area contributed by atoms with E-state index in [1.54, 1.807) is 0 Å². The van der Waals surface area contributed by atoms with Crippen molar-refractivity contribution in [3.8, 4) is 0 Å².